The summed E-state index contributed by atoms with van der Waals surface area (Å²) in [6.07, 6.45) is 3.46. The van der Waals surface area contributed by atoms with Crippen LogP contribution < -0.4 is 5.32 Å². The maximum atomic E-state index is 14.2. The molecule has 2 aromatic carbocycles. The van der Waals surface area contributed by atoms with Crippen LogP contribution in [-0.4, -0.2) is 34.2 Å². The summed E-state index contributed by atoms with van der Waals surface area (Å²) in [6, 6.07) is 10.6. The molecule has 0 spiro atoms. The van der Waals surface area contributed by atoms with Crippen molar-refractivity contribution in [2.24, 2.45) is 0 Å². The van der Waals surface area contributed by atoms with Crippen LogP contribution in [0.4, 0.5) is 14.6 Å². The smallest absolute Gasteiger partial charge is 0.163 e. The van der Waals surface area contributed by atoms with Gasteiger partial charge >= 0.3 is 0 Å². The summed E-state index contributed by atoms with van der Waals surface area (Å²) < 4.78 is 27.7. The molecule has 0 fully saturated rings. The molecular weight excluding hydrogens is 374 g/mol. The van der Waals surface area contributed by atoms with E-state index in [1.54, 1.807) is 37.6 Å². The van der Waals surface area contributed by atoms with Crippen molar-refractivity contribution >= 4 is 16.7 Å². The molecule has 4 aromatic rings. The molecule has 4 rings (SSSR count). The summed E-state index contributed by atoms with van der Waals surface area (Å²) in [5.41, 5.74) is 3.16. The van der Waals surface area contributed by atoms with Gasteiger partial charge in [-0.05, 0) is 54.4 Å². The van der Waals surface area contributed by atoms with Gasteiger partial charge in [-0.1, -0.05) is 6.07 Å². The average molecular weight is 394 g/mol. The summed E-state index contributed by atoms with van der Waals surface area (Å²) in [6.45, 7) is 1.95. The first kappa shape index (κ1) is 20.3. The minimum atomic E-state index is -0.489. The third-order valence-corrected chi connectivity index (χ3v) is 4.31. The van der Waals surface area contributed by atoms with Gasteiger partial charge in [0.15, 0.2) is 5.82 Å². The lowest BCUT2D eigenvalue weighted by molar-refractivity contribution is 0.399. The Morgan fingerprint density at radius 3 is 2.41 bits per heavy atom. The highest BCUT2D eigenvalue weighted by molar-refractivity contribution is 5.93. The largest absolute Gasteiger partial charge is 0.400 e. The van der Waals surface area contributed by atoms with Crippen LogP contribution in [0.15, 0.2) is 54.9 Å². The average Bonchev–Trinajstić information content (AvgIpc) is 2.75. The lowest BCUT2D eigenvalue weighted by Crippen LogP contribution is -1.99. The van der Waals surface area contributed by atoms with Gasteiger partial charge in [-0.15, -0.1) is 0 Å². The summed E-state index contributed by atoms with van der Waals surface area (Å²) in [5.74, 6) is 0.195. The molecular formula is C22H20F2N4O. The van der Waals surface area contributed by atoms with Crippen molar-refractivity contribution in [3.63, 3.8) is 0 Å². The highest BCUT2D eigenvalue weighted by Crippen LogP contribution is 2.30. The van der Waals surface area contributed by atoms with Crippen LogP contribution in [0.2, 0.25) is 0 Å². The number of aliphatic hydroxyl groups is 1. The van der Waals surface area contributed by atoms with Crippen molar-refractivity contribution in [3.05, 3.63) is 72.1 Å². The molecule has 0 saturated carbocycles. The number of pyridine rings is 1. The van der Waals surface area contributed by atoms with E-state index < -0.39 is 11.6 Å². The second-order valence-electron chi connectivity index (χ2n) is 6.25. The van der Waals surface area contributed by atoms with E-state index in [2.05, 4.69) is 20.3 Å². The fourth-order valence-corrected chi connectivity index (χ4v) is 3.01. The Morgan fingerprint density at radius 2 is 1.69 bits per heavy atom. The Hall–Kier alpha value is -3.45. The van der Waals surface area contributed by atoms with Crippen LogP contribution in [0, 0.1) is 18.6 Å². The molecule has 0 unspecified atom stereocenters. The molecule has 2 aromatic heterocycles. The van der Waals surface area contributed by atoms with Gasteiger partial charge in [-0.25, -0.2) is 18.7 Å². The lowest BCUT2D eigenvalue weighted by Gasteiger charge is -2.10. The molecule has 7 heteroatoms. The molecule has 0 aliphatic carbocycles. The lowest BCUT2D eigenvalue weighted by atomic mass is 10.0. The van der Waals surface area contributed by atoms with Crippen molar-refractivity contribution in [1.82, 2.24) is 15.0 Å². The normalized spacial score (nSPS) is 10.4. The van der Waals surface area contributed by atoms with Crippen LogP contribution in [0.1, 0.15) is 5.56 Å². The number of halogens is 2. The number of aryl methyl sites for hydroxylation is 1. The van der Waals surface area contributed by atoms with E-state index in [1.165, 1.54) is 6.07 Å². The third-order valence-electron chi connectivity index (χ3n) is 4.31. The first-order chi connectivity index (χ1) is 14.0. The van der Waals surface area contributed by atoms with Gasteiger partial charge in [-0.2, -0.15) is 0 Å². The third kappa shape index (κ3) is 4.20. The van der Waals surface area contributed by atoms with E-state index in [0.29, 0.717) is 22.7 Å². The predicted octanol–water partition coefficient (Wildman–Crippen LogP) is 4.60. The highest BCUT2D eigenvalue weighted by atomic mass is 19.1. The van der Waals surface area contributed by atoms with E-state index >= 15 is 0 Å². The van der Waals surface area contributed by atoms with Crippen molar-refractivity contribution < 1.29 is 13.9 Å². The van der Waals surface area contributed by atoms with Crippen LogP contribution >= 0.6 is 0 Å². The highest BCUT2D eigenvalue weighted by Gasteiger charge is 2.12. The molecule has 0 saturated heterocycles. The Kier molecular flexibility index (Phi) is 6.09. The summed E-state index contributed by atoms with van der Waals surface area (Å²) in [5, 5.41) is 10.9. The monoisotopic (exact) mass is 394 g/mol. The van der Waals surface area contributed by atoms with Crippen molar-refractivity contribution in [3.8, 4) is 22.5 Å². The number of hydrogen-bond donors (Lipinski definition) is 2. The number of rotatable bonds is 3. The number of nitrogens with one attached hydrogen (secondary N) is 1. The fraction of sp³-hybridized carbons (Fsp3) is 0.136. The van der Waals surface area contributed by atoms with E-state index in [1.807, 2.05) is 13.0 Å². The quantitative estimate of drug-likeness (QED) is 0.532. The summed E-state index contributed by atoms with van der Waals surface area (Å²) in [4.78, 5) is 13.4. The second kappa shape index (κ2) is 8.70. The van der Waals surface area contributed by atoms with Gasteiger partial charge in [0.25, 0.3) is 0 Å². The minimum absolute atomic E-state index is 0.195. The van der Waals surface area contributed by atoms with E-state index in [0.717, 1.165) is 35.8 Å². The fourth-order valence-electron chi connectivity index (χ4n) is 3.01. The van der Waals surface area contributed by atoms with Gasteiger partial charge in [0.2, 0.25) is 0 Å². The second-order valence-corrected chi connectivity index (χ2v) is 6.25. The van der Waals surface area contributed by atoms with Gasteiger partial charge in [0, 0.05) is 43.1 Å². The maximum Gasteiger partial charge on any atom is 0.163 e. The zero-order valence-corrected chi connectivity index (χ0v) is 16.2. The molecule has 0 aliphatic rings. The van der Waals surface area contributed by atoms with Crippen molar-refractivity contribution in [2.45, 2.75) is 6.92 Å². The van der Waals surface area contributed by atoms with E-state index in [4.69, 9.17) is 5.11 Å². The Balaban J connectivity index is 0.00000117. The molecule has 0 amide bonds. The molecule has 148 valence electrons. The van der Waals surface area contributed by atoms with E-state index in [9.17, 15) is 8.78 Å². The standard InChI is InChI=1S/C21H16F2N4.CH4O/c1-12-7-14(11-25-10-12)20-26-19-8-13(3-5-16(19)21(24-2)27-20)17-9-15(22)4-6-18(17)23;1-2/h3-11H,1-2H3,(H,24,26,27);2H,1H3. The van der Waals surface area contributed by atoms with Crippen molar-refractivity contribution in [1.29, 1.82) is 0 Å². The van der Waals surface area contributed by atoms with Crippen LogP contribution in [0.5, 0.6) is 0 Å². The maximum absolute atomic E-state index is 14.2. The zero-order chi connectivity index (χ0) is 21.0. The first-order valence-corrected chi connectivity index (χ1v) is 8.87. The number of benzene rings is 2. The number of fused-ring (bicyclic) bond motifs is 1. The molecule has 2 N–H and O–H groups in total. The summed E-state index contributed by atoms with van der Waals surface area (Å²) >= 11 is 0. The Bertz CT molecular complexity index is 1160. The van der Waals surface area contributed by atoms with E-state index in [-0.39, 0.29) is 5.56 Å². The van der Waals surface area contributed by atoms with Crippen LogP contribution in [0.25, 0.3) is 33.4 Å². The topological polar surface area (TPSA) is 70.9 Å². The number of anilines is 1. The van der Waals surface area contributed by atoms with Gasteiger partial charge in [0.05, 0.1) is 5.52 Å². The molecule has 0 aliphatic heterocycles. The summed E-state index contributed by atoms with van der Waals surface area (Å²) in [7, 11) is 2.78. The van der Waals surface area contributed by atoms with Crippen LogP contribution in [0.3, 0.4) is 0 Å². The van der Waals surface area contributed by atoms with Gasteiger partial charge in [0.1, 0.15) is 17.5 Å². The number of hydrogen-bond acceptors (Lipinski definition) is 5. The van der Waals surface area contributed by atoms with Gasteiger partial charge < -0.3 is 10.4 Å². The number of aromatic nitrogens is 3. The minimum Gasteiger partial charge on any atom is -0.400 e. The predicted molar refractivity (Wildman–Crippen MR) is 111 cm³/mol. The van der Waals surface area contributed by atoms with Crippen LogP contribution in [-0.2, 0) is 0 Å². The van der Waals surface area contributed by atoms with Crippen molar-refractivity contribution in [2.75, 3.05) is 19.5 Å². The number of nitrogens with zero attached hydrogens (tertiary/aromatic N) is 3. The molecule has 2 heterocycles. The first-order valence-electron chi connectivity index (χ1n) is 8.87. The molecule has 0 bridgehead atoms. The zero-order valence-electron chi connectivity index (χ0n) is 16.2. The Morgan fingerprint density at radius 1 is 0.897 bits per heavy atom. The SMILES string of the molecule is CNc1nc(-c2cncc(C)c2)nc2cc(-c3cc(F)ccc3F)ccc12.CO. The Labute approximate surface area is 167 Å². The number of aliphatic hydroxyl groups excluding tert-OH is 1. The molecule has 29 heavy (non-hydrogen) atoms. The molecule has 5 nitrogen and oxygen atoms in total. The molecule has 0 radical (unpaired) electrons. The van der Waals surface area contributed by atoms with Gasteiger partial charge in [-0.3, -0.25) is 4.98 Å². The molecule has 0 atom stereocenters.